The highest BCUT2D eigenvalue weighted by atomic mass is 16.5. The van der Waals surface area contributed by atoms with Crippen LogP contribution in [0.1, 0.15) is 37.9 Å². The van der Waals surface area contributed by atoms with Crippen molar-refractivity contribution in [1.82, 2.24) is 14.5 Å². The summed E-state index contributed by atoms with van der Waals surface area (Å²) in [6.07, 6.45) is 5.99. The molecule has 1 aromatic heterocycles. The first-order valence-corrected chi connectivity index (χ1v) is 8.39. The Bertz CT molecular complexity index is 674. The lowest BCUT2D eigenvalue weighted by Gasteiger charge is -2.31. The molecule has 0 unspecified atom stereocenters. The number of amides is 1. The van der Waals surface area contributed by atoms with E-state index in [2.05, 4.69) is 4.98 Å². The molecule has 124 valence electrons. The summed E-state index contributed by atoms with van der Waals surface area (Å²) >= 11 is 0. The number of imidazole rings is 1. The number of nitrogens with zero attached hydrogens (tertiary/aromatic N) is 3. The average molecular weight is 315 g/mol. The van der Waals surface area contributed by atoms with Crippen LogP contribution in [-0.4, -0.2) is 40.6 Å². The van der Waals surface area contributed by atoms with Crippen LogP contribution in [0, 0.1) is 0 Å². The van der Waals surface area contributed by atoms with Crippen LogP contribution in [0.4, 0.5) is 0 Å². The molecule has 1 heterocycles. The Morgan fingerprint density at radius 1 is 1.30 bits per heavy atom. The van der Waals surface area contributed by atoms with Crippen LogP contribution < -0.4 is 0 Å². The SMILES string of the molecule is COCc1nc2ccccc2n1CC(=O)N(C)C1CCCCC1. The van der Waals surface area contributed by atoms with Crippen molar-refractivity contribution in [2.75, 3.05) is 14.2 Å². The van der Waals surface area contributed by atoms with Crippen molar-refractivity contribution in [3.63, 3.8) is 0 Å². The average Bonchev–Trinajstić information content (AvgIpc) is 2.93. The molecule has 0 saturated heterocycles. The number of benzene rings is 1. The van der Waals surface area contributed by atoms with Crippen molar-refractivity contribution in [2.24, 2.45) is 0 Å². The van der Waals surface area contributed by atoms with E-state index in [1.54, 1.807) is 7.11 Å². The van der Waals surface area contributed by atoms with Gasteiger partial charge in [-0.25, -0.2) is 4.98 Å². The molecule has 1 aromatic carbocycles. The zero-order valence-electron chi connectivity index (χ0n) is 14.0. The van der Waals surface area contributed by atoms with Crippen molar-refractivity contribution in [3.8, 4) is 0 Å². The predicted octanol–water partition coefficient (Wildman–Crippen LogP) is 2.97. The minimum Gasteiger partial charge on any atom is -0.377 e. The lowest BCUT2D eigenvalue weighted by atomic mass is 9.94. The van der Waals surface area contributed by atoms with E-state index in [4.69, 9.17) is 4.74 Å². The number of carbonyl (C=O) groups is 1. The fourth-order valence-corrected chi connectivity index (χ4v) is 3.46. The lowest BCUT2D eigenvalue weighted by Crippen LogP contribution is -2.40. The molecule has 23 heavy (non-hydrogen) atoms. The minimum absolute atomic E-state index is 0.150. The van der Waals surface area contributed by atoms with E-state index >= 15 is 0 Å². The normalized spacial score (nSPS) is 15.9. The zero-order chi connectivity index (χ0) is 16.2. The number of para-hydroxylation sites is 2. The van der Waals surface area contributed by atoms with Crippen LogP contribution in [-0.2, 0) is 22.7 Å². The van der Waals surface area contributed by atoms with Crippen LogP contribution >= 0.6 is 0 Å². The van der Waals surface area contributed by atoms with Crippen molar-refractivity contribution in [1.29, 1.82) is 0 Å². The van der Waals surface area contributed by atoms with Crippen molar-refractivity contribution >= 4 is 16.9 Å². The molecule has 1 aliphatic rings. The summed E-state index contributed by atoms with van der Waals surface area (Å²) in [6, 6.07) is 8.31. The third kappa shape index (κ3) is 3.39. The molecular formula is C18H25N3O2. The number of carbonyl (C=O) groups excluding carboxylic acids is 1. The molecule has 1 fully saturated rings. The topological polar surface area (TPSA) is 47.4 Å². The molecule has 0 N–H and O–H groups in total. The maximum Gasteiger partial charge on any atom is 0.242 e. The van der Waals surface area contributed by atoms with Gasteiger partial charge in [-0.15, -0.1) is 0 Å². The van der Waals surface area contributed by atoms with Crippen molar-refractivity contribution in [2.45, 2.75) is 51.3 Å². The lowest BCUT2D eigenvalue weighted by molar-refractivity contribution is -0.133. The Hall–Kier alpha value is -1.88. The molecule has 2 aromatic rings. The van der Waals surface area contributed by atoms with Crippen molar-refractivity contribution < 1.29 is 9.53 Å². The summed E-state index contributed by atoms with van der Waals surface area (Å²) < 4.78 is 7.23. The fourth-order valence-electron chi connectivity index (χ4n) is 3.46. The summed E-state index contributed by atoms with van der Waals surface area (Å²) in [5, 5.41) is 0. The van der Waals surface area contributed by atoms with Gasteiger partial charge in [0.25, 0.3) is 0 Å². The molecule has 5 heteroatoms. The monoisotopic (exact) mass is 315 g/mol. The van der Waals surface area contributed by atoms with Crippen LogP contribution in [0.5, 0.6) is 0 Å². The molecular weight excluding hydrogens is 290 g/mol. The van der Waals surface area contributed by atoms with E-state index in [0.29, 0.717) is 19.2 Å². The van der Waals surface area contributed by atoms with Crippen LogP contribution in [0.2, 0.25) is 0 Å². The number of ether oxygens (including phenoxy) is 1. The van der Waals surface area contributed by atoms with E-state index in [1.165, 1.54) is 19.3 Å². The molecule has 1 aliphatic carbocycles. The second-order valence-corrected chi connectivity index (χ2v) is 6.33. The molecule has 5 nitrogen and oxygen atoms in total. The van der Waals surface area contributed by atoms with E-state index in [0.717, 1.165) is 29.7 Å². The molecule has 0 bridgehead atoms. The van der Waals surface area contributed by atoms with Crippen LogP contribution in [0.15, 0.2) is 24.3 Å². The van der Waals surface area contributed by atoms with E-state index < -0.39 is 0 Å². The minimum atomic E-state index is 0.150. The Morgan fingerprint density at radius 2 is 2.04 bits per heavy atom. The first kappa shape index (κ1) is 16.0. The third-order valence-corrected chi connectivity index (χ3v) is 4.82. The van der Waals surface area contributed by atoms with Gasteiger partial charge in [-0.05, 0) is 25.0 Å². The molecule has 0 spiro atoms. The van der Waals surface area contributed by atoms with E-state index in [1.807, 2.05) is 40.8 Å². The van der Waals surface area contributed by atoms with Gasteiger partial charge in [-0.3, -0.25) is 4.79 Å². The molecule has 3 rings (SSSR count). The maximum absolute atomic E-state index is 12.7. The third-order valence-electron chi connectivity index (χ3n) is 4.82. The van der Waals surface area contributed by atoms with Gasteiger partial charge in [0.2, 0.25) is 5.91 Å². The Kier molecular flexibility index (Phi) is 4.96. The van der Waals surface area contributed by atoms with Gasteiger partial charge < -0.3 is 14.2 Å². The smallest absolute Gasteiger partial charge is 0.242 e. The summed E-state index contributed by atoms with van der Waals surface area (Å²) in [5.41, 5.74) is 1.90. The maximum atomic E-state index is 12.7. The number of hydrogen-bond acceptors (Lipinski definition) is 3. The van der Waals surface area contributed by atoms with Gasteiger partial charge in [0.15, 0.2) is 0 Å². The van der Waals surface area contributed by atoms with Gasteiger partial charge in [0.05, 0.1) is 11.0 Å². The molecule has 0 atom stereocenters. The second kappa shape index (κ2) is 7.13. The van der Waals surface area contributed by atoms with Gasteiger partial charge in [-0.2, -0.15) is 0 Å². The molecule has 0 aliphatic heterocycles. The first-order chi connectivity index (χ1) is 11.2. The van der Waals surface area contributed by atoms with Crippen LogP contribution in [0.3, 0.4) is 0 Å². The number of methoxy groups -OCH3 is 1. The van der Waals surface area contributed by atoms with Gasteiger partial charge >= 0.3 is 0 Å². The van der Waals surface area contributed by atoms with E-state index in [9.17, 15) is 4.79 Å². The number of hydrogen-bond donors (Lipinski definition) is 0. The Morgan fingerprint density at radius 3 is 2.78 bits per heavy atom. The quantitative estimate of drug-likeness (QED) is 0.852. The number of aromatic nitrogens is 2. The summed E-state index contributed by atoms with van der Waals surface area (Å²) in [7, 11) is 3.59. The highest BCUT2D eigenvalue weighted by Gasteiger charge is 2.23. The van der Waals surface area contributed by atoms with Crippen LogP contribution in [0.25, 0.3) is 11.0 Å². The predicted molar refractivity (Wildman–Crippen MR) is 90.1 cm³/mol. The van der Waals surface area contributed by atoms with Gasteiger partial charge in [0, 0.05) is 20.2 Å². The number of fused-ring (bicyclic) bond motifs is 1. The molecule has 1 amide bonds. The van der Waals surface area contributed by atoms with Gasteiger partial charge in [0.1, 0.15) is 19.0 Å². The largest absolute Gasteiger partial charge is 0.377 e. The highest BCUT2D eigenvalue weighted by molar-refractivity contribution is 5.81. The van der Waals surface area contributed by atoms with Gasteiger partial charge in [-0.1, -0.05) is 31.4 Å². The standard InChI is InChI=1S/C18H25N3O2/c1-20(14-8-4-3-5-9-14)18(22)12-21-16-11-7-6-10-15(16)19-17(21)13-23-2/h6-7,10-11,14H,3-5,8-9,12-13H2,1-2H3. The fraction of sp³-hybridized carbons (Fsp3) is 0.556. The second-order valence-electron chi connectivity index (χ2n) is 6.33. The molecule has 0 radical (unpaired) electrons. The first-order valence-electron chi connectivity index (χ1n) is 8.39. The molecule has 1 saturated carbocycles. The highest BCUT2D eigenvalue weighted by Crippen LogP contribution is 2.23. The summed E-state index contributed by atoms with van der Waals surface area (Å²) in [5.74, 6) is 0.955. The number of rotatable bonds is 5. The summed E-state index contributed by atoms with van der Waals surface area (Å²) in [6.45, 7) is 0.737. The summed E-state index contributed by atoms with van der Waals surface area (Å²) in [4.78, 5) is 19.3. The van der Waals surface area contributed by atoms with E-state index in [-0.39, 0.29) is 5.91 Å². The number of likely N-dealkylation sites (N-methyl/N-ethyl adjacent to an activating group) is 1. The Labute approximate surface area is 137 Å². The zero-order valence-corrected chi connectivity index (χ0v) is 14.0. The van der Waals surface area contributed by atoms with Crippen molar-refractivity contribution in [3.05, 3.63) is 30.1 Å². The Balaban J connectivity index is 1.81.